The van der Waals surface area contributed by atoms with Crippen LogP contribution >= 0.6 is 11.3 Å². The van der Waals surface area contributed by atoms with Crippen LogP contribution in [0, 0.1) is 5.82 Å². The molecule has 6 nitrogen and oxygen atoms in total. The lowest BCUT2D eigenvalue weighted by molar-refractivity contribution is 0.0696. The first-order valence-electron chi connectivity index (χ1n) is 4.85. The monoisotopic (exact) mass is 302 g/mol. The summed E-state index contributed by atoms with van der Waals surface area (Å²) in [7, 11) is -4.13. The number of benzene rings is 1. The van der Waals surface area contributed by atoms with Crippen molar-refractivity contribution in [1.82, 2.24) is 4.98 Å². The molecule has 0 aliphatic rings. The van der Waals surface area contributed by atoms with Gasteiger partial charge in [-0.25, -0.2) is 22.6 Å². The van der Waals surface area contributed by atoms with Crippen molar-refractivity contribution in [2.24, 2.45) is 0 Å². The van der Waals surface area contributed by atoms with Gasteiger partial charge in [-0.3, -0.25) is 4.72 Å². The highest BCUT2D eigenvalue weighted by Gasteiger charge is 2.21. The second kappa shape index (κ2) is 4.94. The molecule has 1 aromatic heterocycles. The fourth-order valence-corrected chi connectivity index (χ4v) is 3.14. The van der Waals surface area contributed by atoms with Crippen LogP contribution in [0.4, 0.5) is 9.52 Å². The molecule has 2 rings (SSSR count). The van der Waals surface area contributed by atoms with Crippen molar-refractivity contribution in [3.63, 3.8) is 0 Å². The second-order valence-corrected chi connectivity index (χ2v) is 5.94. The van der Waals surface area contributed by atoms with E-state index in [4.69, 9.17) is 5.11 Å². The van der Waals surface area contributed by atoms with Crippen molar-refractivity contribution >= 4 is 32.5 Å². The van der Waals surface area contributed by atoms with Gasteiger partial charge in [0.25, 0.3) is 10.0 Å². The minimum Gasteiger partial charge on any atom is -0.478 e. The van der Waals surface area contributed by atoms with Gasteiger partial charge in [-0.1, -0.05) is 0 Å². The average molecular weight is 302 g/mol. The number of carboxylic acid groups (broad SMARTS) is 1. The Balaban J connectivity index is 2.38. The van der Waals surface area contributed by atoms with Crippen molar-refractivity contribution in [1.29, 1.82) is 0 Å². The predicted molar refractivity (Wildman–Crippen MR) is 66.3 cm³/mol. The van der Waals surface area contributed by atoms with Crippen LogP contribution in [0.25, 0.3) is 0 Å². The minimum atomic E-state index is -4.13. The van der Waals surface area contributed by atoms with Gasteiger partial charge in [0.2, 0.25) is 0 Å². The molecule has 0 saturated carbocycles. The normalized spacial score (nSPS) is 11.2. The predicted octanol–water partition coefficient (Wildman–Crippen LogP) is 1.78. The molecule has 19 heavy (non-hydrogen) atoms. The fraction of sp³-hybridized carbons (Fsp3) is 0. The van der Waals surface area contributed by atoms with Crippen LogP contribution < -0.4 is 4.72 Å². The van der Waals surface area contributed by atoms with Crippen LogP contribution in [-0.4, -0.2) is 24.5 Å². The number of thiazole rings is 1. The number of hydrogen-bond acceptors (Lipinski definition) is 5. The Labute approximate surface area is 111 Å². The number of carbonyl (C=O) groups is 1. The molecule has 0 unspecified atom stereocenters. The third-order valence-electron chi connectivity index (χ3n) is 2.12. The molecule has 0 spiro atoms. The molecule has 9 heteroatoms. The van der Waals surface area contributed by atoms with E-state index in [1.807, 2.05) is 0 Å². The van der Waals surface area contributed by atoms with Crippen molar-refractivity contribution < 1.29 is 22.7 Å². The number of anilines is 1. The third kappa shape index (κ3) is 2.88. The number of rotatable bonds is 4. The molecule has 2 aromatic rings. The van der Waals surface area contributed by atoms with Crippen molar-refractivity contribution in [3.05, 3.63) is 41.2 Å². The average Bonchev–Trinajstić information content (AvgIpc) is 2.80. The molecule has 0 bridgehead atoms. The van der Waals surface area contributed by atoms with Gasteiger partial charge in [-0.2, -0.15) is 0 Å². The molecule has 0 aliphatic carbocycles. The molecule has 0 atom stereocenters. The van der Waals surface area contributed by atoms with Gasteiger partial charge in [-0.15, -0.1) is 11.3 Å². The van der Waals surface area contributed by atoms with Crippen LogP contribution in [-0.2, 0) is 10.0 Å². The largest absolute Gasteiger partial charge is 0.478 e. The third-order valence-corrected chi connectivity index (χ3v) is 4.31. The van der Waals surface area contributed by atoms with E-state index in [1.54, 1.807) is 5.38 Å². The summed E-state index contributed by atoms with van der Waals surface area (Å²) in [5, 5.41) is 10.3. The van der Waals surface area contributed by atoms with Gasteiger partial charge in [0.1, 0.15) is 10.7 Å². The molecular weight excluding hydrogens is 295 g/mol. The highest BCUT2D eigenvalue weighted by molar-refractivity contribution is 7.93. The zero-order chi connectivity index (χ0) is 14.0. The second-order valence-electron chi connectivity index (χ2n) is 3.39. The first kappa shape index (κ1) is 13.4. The van der Waals surface area contributed by atoms with E-state index in [-0.39, 0.29) is 10.7 Å². The van der Waals surface area contributed by atoms with Gasteiger partial charge in [0.05, 0.1) is 5.56 Å². The Morgan fingerprint density at radius 1 is 1.42 bits per heavy atom. The summed E-state index contributed by atoms with van der Waals surface area (Å²) < 4.78 is 39.5. The van der Waals surface area contributed by atoms with E-state index >= 15 is 0 Å². The Morgan fingerprint density at radius 2 is 2.16 bits per heavy atom. The van der Waals surface area contributed by atoms with Crippen molar-refractivity contribution in [2.75, 3.05) is 4.72 Å². The van der Waals surface area contributed by atoms with Crippen LogP contribution in [0.3, 0.4) is 0 Å². The number of sulfonamides is 1. The van der Waals surface area contributed by atoms with Crippen LogP contribution in [0.5, 0.6) is 0 Å². The fourth-order valence-electron chi connectivity index (χ4n) is 1.30. The SMILES string of the molecule is O=C(O)c1ccc(S(=O)(=O)Nc2nccs2)c(F)c1. The van der Waals surface area contributed by atoms with Crippen molar-refractivity contribution in [3.8, 4) is 0 Å². The maximum absolute atomic E-state index is 13.6. The summed E-state index contributed by atoms with van der Waals surface area (Å²) in [6.45, 7) is 0. The van der Waals surface area contributed by atoms with Crippen LogP contribution in [0.15, 0.2) is 34.7 Å². The highest BCUT2D eigenvalue weighted by atomic mass is 32.2. The van der Waals surface area contributed by atoms with Crippen molar-refractivity contribution in [2.45, 2.75) is 4.90 Å². The molecule has 0 fully saturated rings. The zero-order valence-corrected chi connectivity index (χ0v) is 10.8. The van der Waals surface area contributed by atoms with E-state index in [9.17, 15) is 17.6 Å². The molecule has 100 valence electrons. The van der Waals surface area contributed by atoms with E-state index in [1.165, 1.54) is 6.20 Å². The smallest absolute Gasteiger partial charge is 0.335 e. The molecule has 0 saturated heterocycles. The van der Waals surface area contributed by atoms with Gasteiger partial charge in [0.15, 0.2) is 5.13 Å². The van der Waals surface area contributed by atoms with Crippen LogP contribution in [0.2, 0.25) is 0 Å². The minimum absolute atomic E-state index is 0.0988. The van der Waals surface area contributed by atoms with E-state index < -0.39 is 26.7 Å². The van der Waals surface area contributed by atoms with Gasteiger partial charge in [0, 0.05) is 11.6 Å². The van der Waals surface area contributed by atoms with E-state index in [0.29, 0.717) is 6.07 Å². The number of halogens is 1. The summed E-state index contributed by atoms with van der Waals surface area (Å²) in [6, 6.07) is 2.56. The lowest BCUT2D eigenvalue weighted by atomic mass is 10.2. The molecule has 0 radical (unpaired) electrons. The number of carboxylic acids is 1. The van der Waals surface area contributed by atoms with Gasteiger partial charge in [-0.05, 0) is 18.2 Å². The molecule has 0 aliphatic heterocycles. The number of hydrogen-bond donors (Lipinski definition) is 2. The summed E-state index contributed by atoms with van der Waals surface area (Å²) >= 11 is 1.04. The quantitative estimate of drug-likeness (QED) is 0.897. The zero-order valence-electron chi connectivity index (χ0n) is 9.20. The highest BCUT2D eigenvalue weighted by Crippen LogP contribution is 2.21. The van der Waals surface area contributed by atoms with E-state index in [0.717, 1.165) is 23.5 Å². The van der Waals surface area contributed by atoms with Crippen LogP contribution in [0.1, 0.15) is 10.4 Å². The Bertz CT molecular complexity index is 713. The summed E-state index contributed by atoms with van der Waals surface area (Å²) in [5.74, 6) is -2.47. The van der Waals surface area contributed by atoms with E-state index in [2.05, 4.69) is 9.71 Å². The summed E-state index contributed by atoms with van der Waals surface area (Å²) in [4.78, 5) is 13.7. The summed E-state index contributed by atoms with van der Waals surface area (Å²) in [6.07, 6.45) is 1.40. The molecular formula is C10H7FN2O4S2. The van der Waals surface area contributed by atoms with Gasteiger partial charge < -0.3 is 5.11 Å². The number of aromatic nitrogens is 1. The molecule has 0 amide bonds. The Morgan fingerprint density at radius 3 is 2.68 bits per heavy atom. The number of nitrogens with one attached hydrogen (secondary N) is 1. The standard InChI is InChI=1S/C10H7FN2O4S2/c11-7-5-6(9(14)15)1-2-8(7)19(16,17)13-10-12-3-4-18-10/h1-5H,(H,12,13)(H,14,15). The summed E-state index contributed by atoms with van der Waals surface area (Å²) in [5.41, 5.74) is -0.328. The lowest BCUT2D eigenvalue weighted by Crippen LogP contribution is -2.15. The first-order valence-corrected chi connectivity index (χ1v) is 7.21. The molecule has 1 heterocycles. The number of nitrogens with zero attached hydrogens (tertiary/aromatic N) is 1. The topological polar surface area (TPSA) is 96.4 Å². The molecule has 2 N–H and O–H groups in total. The van der Waals surface area contributed by atoms with Gasteiger partial charge >= 0.3 is 5.97 Å². The Hall–Kier alpha value is -2.00. The maximum Gasteiger partial charge on any atom is 0.335 e. The maximum atomic E-state index is 13.6. The molecule has 1 aromatic carbocycles. The lowest BCUT2D eigenvalue weighted by Gasteiger charge is -2.06. The number of aromatic carboxylic acids is 1. The Kier molecular flexibility index (Phi) is 3.49. The first-order chi connectivity index (χ1) is 8.90.